The van der Waals surface area contributed by atoms with Crippen molar-refractivity contribution in [1.82, 2.24) is 0 Å². The van der Waals surface area contributed by atoms with Gasteiger partial charge in [0, 0.05) is 37.2 Å². The fourth-order valence-electron chi connectivity index (χ4n) is 3.36. The summed E-state index contributed by atoms with van der Waals surface area (Å²) in [7, 11) is 0. The van der Waals surface area contributed by atoms with E-state index in [1.807, 2.05) is 36.2 Å². The minimum Gasteiger partial charge on any atom is -0.303 e. The maximum absolute atomic E-state index is 13.1. The van der Waals surface area contributed by atoms with Gasteiger partial charge in [-0.1, -0.05) is 18.2 Å². The lowest BCUT2D eigenvalue weighted by Gasteiger charge is -2.24. The van der Waals surface area contributed by atoms with E-state index < -0.39 is 0 Å². The highest BCUT2D eigenvalue weighted by molar-refractivity contribution is 5.97. The van der Waals surface area contributed by atoms with Gasteiger partial charge in [0.2, 0.25) is 6.04 Å². The third kappa shape index (κ3) is 2.31. The van der Waals surface area contributed by atoms with Crippen LogP contribution in [0, 0.1) is 13.8 Å². The van der Waals surface area contributed by atoms with E-state index in [0.717, 1.165) is 17.8 Å². The Morgan fingerprint density at radius 2 is 1.95 bits per heavy atom. The number of carbonyl (C=O) groups excluding carboxylic acids is 1. The molecule has 0 bridgehead atoms. The van der Waals surface area contributed by atoms with Gasteiger partial charge in [-0.05, 0) is 38.0 Å². The third-order valence-electron chi connectivity index (χ3n) is 4.77. The number of rotatable bonds is 2. The molecule has 0 N–H and O–H groups in total. The molecule has 1 aliphatic rings. The second-order valence-electron chi connectivity index (χ2n) is 6.25. The molecule has 0 spiro atoms. The molecule has 1 amide bonds. The second-order valence-corrected chi connectivity index (χ2v) is 6.25. The predicted molar refractivity (Wildman–Crippen MR) is 87.9 cm³/mol. The second kappa shape index (κ2) is 5.56. The van der Waals surface area contributed by atoms with E-state index in [0.29, 0.717) is 0 Å². The van der Waals surface area contributed by atoms with Gasteiger partial charge in [-0.2, -0.15) is 4.57 Å². The van der Waals surface area contributed by atoms with Crippen LogP contribution in [0.4, 0.5) is 5.69 Å². The summed E-state index contributed by atoms with van der Waals surface area (Å²) in [6.45, 7) is 8.26. The van der Waals surface area contributed by atoms with Crippen molar-refractivity contribution in [1.29, 1.82) is 0 Å². The van der Waals surface area contributed by atoms with Crippen LogP contribution in [0.5, 0.6) is 0 Å². The van der Waals surface area contributed by atoms with E-state index in [2.05, 4.69) is 43.5 Å². The minimum atomic E-state index is -0.200. The van der Waals surface area contributed by atoms with Gasteiger partial charge in [0.25, 0.3) is 5.91 Å². The smallest absolute Gasteiger partial charge is 0.296 e. The van der Waals surface area contributed by atoms with Crippen LogP contribution < -0.4 is 9.47 Å². The molecule has 0 aliphatic carbocycles. The van der Waals surface area contributed by atoms with Gasteiger partial charge >= 0.3 is 0 Å². The molecule has 3 rings (SSSR count). The summed E-state index contributed by atoms with van der Waals surface area (Å²) in [5.41, 5.74) is 4.68. The number of anilines is 1. The topological polar surface area (TPSA) is 24.2 Å². The average Bonchev–Trinajstić information content (AvgIpc) is 2.84. The zero-order chi connectivity index (χ0) is 15.9. The molecule has 1 aromatic carbocycles. The van der Waals surface area contributed by atoms with Crippen molar-refractivity contribution in [2.45, 2.75) is 46.2 Å². The van der Waals surface area contributed by atoms with E-state index in [9.17, 15) is 4.79 Å². The summed E-state index contributed by atoms with van der Waals surface area (Å²) in [6, 6.07) is 12.3. The van der Waals surface area contributed by atoms with Gasteiger partial charge in [-0.3, -0.25) is 4.79 Å². The summed E-state index contributed by atoms with van der Waals surface area (Å²) < 4.78 is 2.07. The number of aromatic nitrogens is 1. The highest BCUT2D eigenvalue weighted by Gasteiger charge is 2.37. The SMILES string of the molecule is Cc1ccc[n+]([C@H](C)C(=O)N2c3ccccc3C[C@H]2C)c1C. The lowest BCUT2D eigenvalue weighted by atomic mass is 10.1. The van der Waals surface area contributed by atoms with Gasteiger partial charge in [0.15, 0.2) is 11.9 Å². The first kappa shape index (κ1) is 14.8. The Bertz CT molecular complexity index is 723. The zero-order valence-electron chi connectivity index (χ0n) is 13.7. The maximum atomic E-state index is 13.1. The first-order chi connectivity index (χ1) is 10.5. The van der Waals surface area contributed by atoms with Crippen molar-refractivity contribution in [3.63, 3.8) is 0 Å². The summed E-state index contributed by atoms with van der Waals surface area (Å²) in [5.74, 6) is 0.163. The Morgan fingerprint density at radius 1 is 1.23 bits per heavy atom. The minimum absolute atomic E-state index is 0.163. The van der Waals surface area contributed by atoms with Crippen molar-refractivity contribution >= 4 is 11.6 Å². The van der Waals surface area contributed by atoms with Crippen LogP contribution in [0.2, 0.25) is 0 Å². The van der Waals surface area contributed by atoms with Crippen LogP contribution in [0.3, 0.4) is 0 Å². The maximum Gasteiger partial charge on any atom is 0.296 e. The highest BCUT2D eigenvalue weighted by Crippen LogP contribution is 2.33. The third-order valence-corrected chi connectivity index (χ3v) is 4.77. The van der Waals surface area contributed by atoms with Crippen LogP contribution in [-0.4, -0.2) is 11.9 Å². The van der Waals surface area contributed by atoms with Gasteiger partial charge in [0.05, 0.1) is 0 Å². The number of amides is 1. The van der Waals surface area contributed by atoms with Crippen molar-refractivity contribution in [2.75, 3.05) is 4.90 Å². The number of hydrogen-bond donors (Lipinski definition) is 0. The monoisotopic (exact) mass is 295 g/mol. The lowest BCUT2D eigenvalue weighted by Crippen LogP contribution is -2.51. The molecule has 0 unspecified atom stereocenters. The Morgan fingerprint density at radius 3 is 2.73 bits per heavy atom. The molecule has 3 nitrogen and oxygen atoms in total. The molecule has 0 saturated carbocycles. The Hall–Kier alpha value is -2.16. The summed E-state index contributed by atoms with van der Waals surface area (Å²) >= 11 is 0. The lowest BCUT2D eigenvalue weighted by molar-refractivity contribution is -0.711. The highest BCUT2D eigenvalue weighted by atomic mass is 16.2. The van der Waals surface area contributed by atoms with E-state index in [1.165, 1.54) is 11.1 Å². The molecular formula is C19H23N2O+. The van der Waals surface area contributed by atoms with Crippen LogP contribution in [0.15, 0.2) is 42.6 Å². The molecule has 114 valence electrons. The van der Waals surface area contributed by atoms with E-state index in [1.54, 1.807) is 0 Å². The quantitative estimate of drug-likeness (QED) is 0.781. The van der Waals surface area contributed by atoms with Crippen LogP contribution in [0.1, 0.15) is 36.7 Å². The van der Waals surface area contributed by atoms with Gasteiger partial charge in [-0.25, -0.2) is 0 Å². The van der Waals surface area contributed by atoms with Crippen molar-refractivity contribution in [3.05, 3.63) is 59.4 Å². The van der Waals surface area contributed by atoms with Gasteiger partial charge in [0.1, 0.15) is 0 Å². The molecule has 22 heavy (non-hydrogen) atoms. The molecule has 1 aromatic heterocycles. The predicted octanol–water partition coefficient (Wildman–Crippen LogP) is 3.13. The number of fused-ring (bicyclic) bond motifs is 1. The normalized spacial score (nSPS) is 18.2. The summed E-state index contributed by atoms with van der Waals surface area (Å²) in [5, 5.41) is 0. The number of carbonyl (C=O) groups is 1. The van der Waals surface area contributed by atoms with Crippen LogP contribution in [-0.2, 0) is 11.2 Å². The number of para-hydroxylation sites is 1. The molecule has 3 heteroatoms. The molecule has 1 aliphatic heterocycles. The number of benzene rings is 1. The molecule has 0 saturated heterocycles. The van der Waals surface area contributed by atoms with Crippen molar-refractivity contribution in [2.24, 2.45) is 0 Å². The van der Waals surface area contributed by atoms with Crippen molar-refractivity contribution in [3.8, 4) is 0 Å². The summed E-state index contributed by atoms with van der Waals surface area (Å²) in [6.07, 6.45) is 2.93. The Labute approximate surface area is 132 Å². The molecule has 0 radical (unpaired) electrons. The molecule has 2 aromatic rings. The van der Waals surface area contributed by atoms with Gasteiger partial charge in [-0.15, -0.1) is 0 Å². The van der Waals surface area contributed by atoms with E-state index >= 15 is 0 Å². The first-order valence-corrected chi connectivity index (χ1v) is 7.89. The standard InChI is InChI=1S/C19H23N2O/c1-13-8-7-11-20(15(13)3)16(4)19(22)21-14(2)12-17-9-5-6-10-18(17)21/h5-11,14,16H,12H2,1-4H3/q+1/t14-,16-/m1/s1. The molecule has 2 atom stereocenters. The number of aryl methyl sites for hydroxylation is 1. The number of pyridine rings is 1. The van der Waals surface area contributed by atoms with E-state index in [-0.39, 0.29) is 18.0 Å². The van der Waals surface area contributed by atoms with Crippen molar-refractivity contribution < 1.29 is 9.36 Å². The zero-order valence-corrected chi connectivity index (χ0v) is 13.7. The fourth-order valence-corrected chi connectivity index (χ4v) is 3.36. The van der Waals surface area contributed by atoms with E-state index in [4.69, 9.17) is 0 Å². The Kier molecular flexibility index (Phi) is 3.73. The number of hydrogen-bond acceptors (Lipinski definition) is 1. The first-order valence-electron chi connectivity index (χ1n) is 7.89. The Balaban J connectivity index is 1.96. The van der Waals surface area contributed by atoms with Crippen LogP contribution >= 0.6 is 0 Å². The largest absolute Gasteiger partial charge is 0.303 e. The number of nitrogens with zero attached hydrogens (tertiary/aromatic N) is 2. The average molecular weight is 295 g/mol. The molecule has 2 heterocycles. The molecular weight excluding hydrogens is 272 g/mol. The van der Waals surface area contributed by atoms with Gasteiger partial charge < -0.3 is 4.90 Å². The fraction of sp³-hybridized carbons (Fsp3) is 0.368. The van der Waals surface area contributed by atoms with Crippen LogP contribution in [0.25, 0.3) is 0 Å². The molecule has 0 fully saturated rings. The summed E-state index contributed by atoms with van der Waals surface area (Å²) in [4.78, 5) is 15.1.